The van der Waals surface area contributed by atoms with Gasteiger partial charge >= 0.3 is 0 Å². The van der Waals surface area contributed by atoms with E-state index in [1.54, 1.807) is 11.3 Å². The predicted octanol–water partition coefficient (Wildman–Crippen LogP) is 3.30. The molecule has 4 nitrogen and oxygen atoms in total. The number of aromatic nitrogens is 3. The molecule has 2 aromatic rings. The standard InChI is InChI=1S/C12H15BrN4S/c1-2-3-10-16-9(13)8-11(17-10)14-5-4-12-15-6-7-18-12/h6-8H,2-5H2,1H3,(H,14,16,17). The van der Waals surface area contributed by atoms with Crippen LogP contribution in [0.5, 0.6) is 0 Å². The Morgan fingerprint density at radius 2 is 2.22 bits per heavy atom. The van der Waals surface area contributed by atoms with Gasteiger partial charge in [0.2, 0.25) is 0 Å². The quantitative estimate of drug-likeness (QED) is 0.827. The van der Waals surface area contributed by atoms with Gasteiger partial charge in [0, 0.05) is 37.0 Å². The summed E-state index contributed by atoms with van der Waals surface area (Å²) in [6.45, 7) is 2.96. The van der Waals surface area contributed by atoms with Crippen molar-refractivity contribution in [2.45, 2.75) is 26.2 Å². The van der Waals surface area contributed by atoms with Crippen molar-refractivity contribution in [2.75, 3.05) is 11.9 Å². The average molecular weight is 327 g/mol. The highest BCUT2D eigenvalue weighted by Crippen LogP contribution is 2.13. The first-order chi connectivity index (χ1) is 8.78. The second kappa shape index (κ2) is 6.80. The lowest BCUT2D eigenvalue weighted by Gasteiger charge is -2.06. The Bertz CT molecular complexity index is 487. The van der Waals surface area contributed by atoms with Crippen molar-refractivity contribution in [3.8, 4) is 0 Å². The third-order valence-corrected chi connectivity index (χ3v) is 3.59. The summed E-state index contributed by atoms with van der Waals surface area (Å²) in [4.78, 5) is 13.1. The molecular formula is C12H15BrN4S. The van der Waals surface area contributed by atoms with Crippen molar-refractivity contribution in [1.29, 1.82) is 0 Å². The molecule has 0 saturated carbocycles. The lowest BCUT2D eigenvalue weighted by molar-refractivity contribution is 0.827. The highest BCUT2D eigenvalue weighted by molar-refractivity contribution is 9.10. The van der Waals surface area contributed by atoms with E-state index in [2.05, 4.69) is 43.1 Å². The zero-order valence-electron chi connectivity index (χ0n) is 10.2. The van der Waals surface area contributed by atoms with Crippen molar-refractivity contribution in [3.63, 3.8) is 0 Å². The van der Waals surface area contributed by atoms with Gasteiger partial charge < -0.3 is 5.32 Å². The normalized spacial score (nSPS) is 10.6. The Kier molecular flexibility index (Phi) is 5.07. The molecule has 0 aromatic carbocycles. The number of rotatable bonds is 6. The first kappa shape index (κ1) is 13.4. The molecule has 2 rings (SSSR count). The fourth-order valence-electron chi connectivity index (χ4n) is 1.56. The van der Waals surface area contributed by atoms with Gasteiger partial charge in [-0.2, -0.15) is 0 Å². The molecule has 96 valence electrons. The minimum absolute atomic E-state index is 0.831. The molecular weight excluding hydrogens is 312 g/mol. The fourth-order valence-corrected chi connectivity index (χ4v) is 2.61. The molecule has 2 heterocycles. The fraction of sp³-hybridized carbons (Fsp3) is 0.417. The number of anilines is 1. The molecule has 0 amide bonds. The summed E-state index contributed by atoms with van der Waals surface area (Å²) < 4.78 is 0.831. The molecule has 0 fully saturated rings. The molecule has 0 aliphatic heterocycles. The second-order valence-corrected chi connectivity index (χ2v) is 5.64. The number of hydrogen-bond acceptors (Lipinski definition) is 5. The SMILES string of the molecule is CCCc1nc(Br)cc(NCCc2nccs2)n1. The molecule has 0 unspecified atom stereocenters. The summed E-state index contributed by atoms with van der Waals surface area (Å²) in [6.07, 6.45) is 4.71. The highest BCUT2D eigenvalue weighted by Gasteiger charge is 2.02. The van der Waals surface area contributed by atoms with Crippen LogP contribution in [0.3, 0.4) is 0 Å². The molecule has 18 heavy (non-hydrogen) atoms. The third-order valence-electron chi connectivity index (χ3n) is 2.34. The van der Waals surface area contributed by atoms with Gasteiger partial charge in [0.15, 0.2) is 0 Å². The topological polar surface area (TPSA) is 50.7 Å². The summed E-state index contributed by atoms with van der Waals surface area (Å²) in [5, 5.41) is 6.45. The molecule has 2 aromatic heterocycles. The molecule has 0 spiro atoms. The average Bonchev–Trinajstić information content (AvgIpc) is 2.82. The van der Waals surface area contributed by atoms with Crippen LogP contribution in [0, 0.1) is 0 Å². The molecule has 0 atom stereocenters. The van der Waals surface area contributed by atoms with Gasteiger partial charge in [0.1, 0.15) is 16.2 Å². The van der Waals surface area contributed by atoms with Crippen LogP contribution in [-0.4, -0.2) is 21.5 Å². The van der Waals surface area contributed by atoms with Gasteiger partial charge in [-0.15, -0.1) is 11.3 Å². The minimum atomic E-state index is 0.831. The smallest absolute Gasteiger partial charge is 0.132 e. The molecule has 0 aliphatic carbocycles. The Morgan fingerprint density at radius 3 is 2.94 bits per heavy atom. The van der Waals surface area contributed by atoms with E-state index in [4.69, 9.17) is 0 Å². The van der Waals surface area contributed by atoms with Gasteiger partial charge in [0.25, 0.3) is 0 Å². The van der Waals surface area contributed by atoms with E-state index in [0.717, 1.165) is 47.1 Å². The molecule has 6 heteroatoms. The largest absolute Gasteiger partial charge is 0.370 e. The van der Waals surface area contributed by atoms with Crippen molar-refractivity contribution < 1.29 is 0 Å². The van der Waals surface area contributed by atoms with E-state index in [1.807, 2.05) is 17.6 Å². The van der Waals surface area contributed by atoms with Crippen LogP contribution >= 0.6 is 27.3 Å². The predicted molar refractivity (Wildman–Crippen MR) is 78.0 cm³/mol. The first-order valence-electron chi connectivity index (χ1n) is 5.93. The molecule has 1 N–H and O–H groups in total. The van der Waals surface area contributed by atoms with E-state index in [9.17, 15) is 0 Å². The van der Waals surface area contributed by atoms with Crippen molar-refractivity contribution in [1.82, 2.24) is 15.0 Å². The van der Waals surface area contributed by atoms with Crippen LogP contribution in [0.25, 0.3) is 0 Å². The Labute approximate surface area is 119 Å². The lowest BCUT2D eigenvalue weighted by Crippen LogP contribution is -2.08. The molecule has 0 saturated heterocycles. The van der Waals surface area contributed by atoms with Crippen molar-refractivity contribution >= 4 is 33.1 Å². The molecule has 0 aliphatic rings. The van der Waals surface area contributed by atoms with Crippen molar-refractivity contribution in [3.05, 3.63) is 33.1 Å². The van der Waals surface area contributed by atoms with Crippen LogP contribution in [0.2, 0.25) is 0 Å². The van der Waals surface area contributed by atoms with E-state index < -0.39 is 0 Å². The Hall–Kier alpha value is -1.01. The van der Waals surface area contributed by atoms with E-state index in [0.29, 0.717) is 0 Å². The van der Waals surface area contributed by atoms with Crippen LogP contribution in [0.15, 0.2) is 22.2 Å². The zero-order valence-corrected chi connectivity index (χ0v) is 12.6. The minimum Gasteiger partial charge on any atom is -0.370 e. The number of nitrogens with zero attached hydrogens (tertiary/aromatic N) is 3. The Balaban J connectivity index is 1.92. The lowest BCUT2D eigenvalue weighted by atomic mass is 10.3. The number of halogens is 1. The van der Waals surface area contributed by atoms with Gasteiger partial charge in [-0.05, 0) is 22.4 Å². The Morgan fingerprint density at radius 1 is 1.33 bits per heavy atom. The van der Waals surface area contributed by atoms with E-state index in [1.165, 1.54) is 0 Å². The highest BCUT2D eigenvalue weighted by atomic mass is 79.9. The van der Waals surface area contributed by atoms with Crippen molar-refractivity contribution in [2.24, 2.45) is 0 Å². The summed E-state index contributed by atoms with van der Waals surface area (Å²) in [5.74, 6) is 1.75. The van der Waals surface area contributed by atoms with E-state index >= 15 is 0 Å². The van der Waals surface area contributed by atoms with Gasteiger partial charge in [0.05, 0.1) is 5.01 Å². The van der Waals surface area contributed by atoms with Crippen LogP contribution < -0.4 is 5.32 Å². The van der Waals surface area contributed by atoms with Gasteiger partial charge in [-0.25, -0.2) is 15.0 Å². The number of aryl methyl sites for hydroxylation is 1. The van der Waals surface area contributed by atoms with Crippen LogP contribution in [0.4, 0.5) is 5.82 Å². The zero-order chi connectivity index (χ0) is 12.8. The van der Waals surface area contributed by atoms with Gasteiger partial charge in [-0.3, -0.25) is 0 Å². The molecule has 0 radical (unpaired) electrons. The maximum Gasteiger partial charge on any atom is 0.132 e. The second-order valence-electron chi connectivity index (χ2n) is 3.84. The third kappa shape index (κ3) is 4.03. The maximum absolute atomic E-state index is 4.47. The van der Waals surface area contributed by atoms with Gasteiger partial charge in [-0.1, -0.05) is 6.92 Å². The molecule has 0 bridgehead atoms. The summed E-state index contributed by atoms with van der Waals surface area (Å²) in [6, 6.07) is 1.90. The van der Waals surface area contributed by atoms with E-state index in [-0.39, 0.29) is 0 Å². The monoisotopic (exact) mass is 326 g/mol. The first-order valence-corrected chi connectivity index (χ1v) is 7.61. The summed E-state index contributed by atoms with van der Waals surface area (Å²) >= 11 is 5.09. The summed E-state index contributed by atoms with van der Waals surface area (Å²) in [5.41, 5.74) is 0. The summed E-state index contributed by atoms with van der Waals surface area (Å²) in [7, 11) is 0. The number of nitrogens with one attached hydrogen (secondary N) is 1. The number of thiazole rings is 1. The van der Waals surface area contributed by atoms with Crippen LogP contribution in [-0.2, 0) is 12.8 Å². The maximum atomic E-state index is 4.47. The van der Waals surface area contributed by atoms with Crippen LogP contribution in [0.1, 0.15) is 24.2 Å². The number of hydrogen-bond donors (Lipinski definition) is 1.